The van der Waals surface area contributed by atoms with Gasteiger partial charge >= 0.3 is 0 Å². The lowest BCUT2D eigenvalue weighted by Crippen LogP contribution is -2.17. The molecular formula is C19H14FN5O2. The molecule has 0 bridgehead atoms. The molecule has 27 heavy (non-hydrogen) atoms. The number of nitrogens with two attached hydrogens (primary N) is 1. The lowest BCUT2D eigenvalue weighted by Gasteiger charge is -2.12. The van der Waals surface area contributed by atoms with Gasteiger partial charge in [-0.1, -0.05) is 11.2 Å². The van der Waals surface area contributed by atoms with Gasteiger partial charge in [-0.25, -0.2) is 4.39 Å². The van der Waals surface area contributed by atoms with E-state index in [4.69, 9.17) is 20.9 Å². The average molecular weight is 363 g/mol. The number of rotatable bonds is 4. The predicted octanol–water partition coefficient (Wildman–Crippen LogP) is 3.24. The van der Waals surface area contributed by atoms with Gasteiger partial charge in [0.05, 0.1) is 28.6 Å². The van der Waals surface area contributed by atoms with Crippen molar-refractivity contribution in [3.05, 3.63) is 76.4 Å². The van der Waals surface area contributed by atoms with Crippen LogP contribution in [-0.4, -0.2) is 16.8 Å². The van der Waals surface area contributed by atoms with Crippen molar-refractivity contribution >= 4 is 23.0 Å². The molecule has 0 aliphatic rings. The second-order valence-electron chi connectivity index (χ2n) is 5.78. The van der Waals surface area contributed by atoms with Gasteiger partial charge in [0.1, 0.15) is 12.3 Å². The summed E-state index contributed by atoms with van der Waals surface area (Å²) < 4.78 is 19.1. The number of aromatic nitrogens is 1. The van der Waals surface area contributed by atoms with Crippen molar-refractivity contribution < 1.29 is 13.7 Å². The highest BCUT2D eigenvalue weighted by atomic mass is 19.1. The number of nitrogen functional groups attached to an aromatic ring is 1. The third kappa shape index (κ3) is 3.39. The van der Waals surface area contributed by atoms with Crippen LogP contribution in [0.2, 0.25) is 0 Å². The number of carbonyl (C=O) groups is 1. The highest BCUT2D eigenvalue weighted by Crippen LogP contribution is 2.23. The van der Waals surface area contributed by atoms with E-state index >= 15 is 0 Å². The number of hydrogen-bond donors (Lipinski definition) is 3. The predicted molar refractivity (Wildman–Crippen MR) is 97.1 cm³/mol. The minimum Gasteiger partial charge on any atom is -0.398 e. The van der Waals surface area contributed by atoms with Gasteiger partial charge in [0.15, 0.2) is 5.82 Å². The van der Waals surface area contributed by atoms with Gasteiger partial charge < -0.3 is 15.6 Å². The van der Waals surface area contributed by atoms with E-state index in [9.17, 15) is 9.18 Å². The highest BCUT2D eigenvalue weighted by molar-refractivity contribution is 6.14. The number of anilines is 2. The topological polar surface area (TPSA) is 129 Å². The van der Waals surface area contributed by atoms with Crippen LogP contribution in [0.4, 0.5) is 15.8 Å². The molecule has 1 aromatic heterocycles. The normalized spacial score (nSPS) is 10.3. The smallest absolute Gasteiger partial charge is 0.258 e. The number of amides is 1. The Balaban J connectivity index is 1.93. The summed E-state index contributed by atoms with van der Waals surface area (Å²) in [6.45, 7) is 1.58. The zero-order valence-corrected chi connectivity index (χ0v) is 14.2. The standard InChI is InChI=1S/C19H14FN5O2/c1-10-2-3-11(7-21)17(20)16(10)19(26)25-13-4-5-15(22)14(6-13)18(23)12-8-24-27-9-12/h2-6,8-9,23H,22H2,1H3,(H,25,26). The summed E-state index contributed by atoms with van der Waals surface area (Å²) in [5.41, 5.74) is 7.41. The van der Waals surface area contributed by atoms with Crippen LogP contribution in [-0.2, 0) is 0 Å². The molecule has 1 amide bonds. The summed E-state index contributed by atoms with van der Waals surface area (Å²) in [5.74, 6) is -1.57. The fourth-order valence-corrected chi connectivity index (χ4v) is 2.57. The lowest BCUT2D eigenvalue weighted by atomic mass is 10.0. The Bertz CT molecular complexity index is 1080. The summed E-state index contributed by atoms with van der Waals surface area (Å²) in [6, 6.07) is 9.12. The summed E-state index contributed by atoms with van der Waals surface area (Å²) in [4.78, 5) is 12.5. The summed E-state index contributed by atoms with van der Waals surface area (Å²) in [6.07, 6.45) is 2.68. The molecule has 0 radical (unpaired) electrons. The van der Waals surface area contributed by atoms with E-state index in [-0.39, 0.29) is 16.8 Å². The monoisotopic (exact) mass is 363 g/mol. The Morgan fingerprint density at radius 1 is 1.37 bits per heavy atom. The lowest BCUT2D eigenvalue weighted by molar-refractivity contribution is 0.102. The number of carbonyl (C=O) groups excluding carboxylic acids is 1. The van der Waals surface area contributed by atoms with Crippen molar-refractivity contribution in [3.8, 4) is 6.07 Å². The van der Waals surface area contributed by atoms with E-state index in [0.717, 1.165) is 0 Å². The van der Waals surface area contributed by atoms with Crippen molar-refractivity contribution in [2.24, 2.45) is 0 Å². The molecule has 0 fully saturated rings. The number of nitrogens with zero attached hydrogens (tertiary/aromatic N) is 2. The molecule has 0 atom stereocenters. The van der Waals surface area contributed by atoms with Crippen LogP contribution in [0, 0.1) is 29.5 Å². The first kappa shape index (κ1) is 17.8. The Morgan fingerprint density at radius 3 is 2.81 bits per heavy atom. The third-order valence-corrected chi connectivity index (χ3v) is 4.00. The second kappa shape index (κ2) is 7.09. The number of nitrogens with one attached hydrogen (secondary N) is 2. The molecule has 2 aromatic carbocycles. The first-order valence-corrected chi connectivity index (χ1v) is 7.81. The number of aryl methyl sites for hydroxylation is 1. The van der Waals surface area contributed by atoms with Gasteiger partial charge in [-0.15, -0.1) is 0 Å². The average Bonchev–Trinajstić information content (AvgIpc) is 3.17. The van der Waals surface area contributed by atoms with Gasteiger partial charge in [-0.3, -0.25) is 10.2 Å². The number of benzene rings is 2. The molecule has 0 aliphatic carbocycles. The van der Waals surface area contributed by atoms with Crippen LogP contribution in [0.5, 0.6) is 0 Å². The summed E-state index contributed by atoms with van der Waals surface area (Å²) in [7, 11) is 0. The fraction of sp³-hybridized carbons (Fsp3) is 0.0526. The molecule has 8 heteroatoms. The molecular weight excluding hydrogens is 349 g/mol. The second-order valence-corrected chi connectivity index (χ2v) is 5.78. The summed E-state index contributed by atoms with van der Waals surface area (Å²) >= 11 is 0. The number of hydrogen-bond acceptors (Lipinski definition) is 6. The molecule has 0 aliphatic heterocycles. The van der Waals surface area contributed by atoms with Gasteiger partial charge in [-0.2, -0.15) is 5.26 Å². The Hall–Kier alpha value is -3.99. The Morgan fingerprint density at radius 2 is 2.15 bits per heavy atom. The van der Waals surface area contributed by atoms with Crippen molar-refractivity contribution in [1.29, 1.82) is 10.7 Å². The molecule has 7 nitrogen and oxygen atoms in total. The molecule has 1 heterocycles. The van der Waals surface area contributed by atoms with Crippen molar-refractivity contribution in [1.82, 2.24) is 5.16 Å². The molecule has 0 saturated heterocycles. The zero-order chi connectivity index (χ0) is 19.6. The quantitative estimate of drug-likeness (QED) is 0.484. The van der Waals surface area contributed by atoms with Crippen LogP contribution in [0.1, 0.15) is 32.6 Å². The van der Waals surface area contributed by atoms with Crippen LogP contribution in [0.15, 0.2) is 47.3 Å². The molecule has 4 N–H and O–H groups in total. The molecule has 3 rings (SSSR count). The fourth-order valence-electron chi connectivity index (χ4n) is 2.57. The van der Waals surface area contributed by atoms with Crippen LogP contribution < -0.4 is 11.1 Å². The van der Waals surface area contributed by atoms with Gasteiger partial charge in [0.25, 0.3) is 5.91 Å². The van der Waals surface area contributed by atoms with E-state index in [1.807, 2.05) is 0 Å². The third-order valence-electron chi connectivity index (χ3n) is 4.00. The van der Waals surface area contributed by atoms with E-state index in [0.29, 0.717) is 28.1 Å². The first-order chi connectivity index (χ1) is 12.9. The molecule has 0 unspecified atom stereocenters. The van der Waals surface area contributed by atoms with E-state index in [2.05, 4.69) is 10.5 Å². The highest BCUT2D eigenvalue weighted by Gasteiger charge is 2.19. The maximum Gasteiger partial charge on any atom is 0.258 e. The molecule has 3 aromatic rings. The number of halogens is 1. The first-order valence-electron chi connectivity index (χ1n) is 7.81. The summed E-state index contributed by atoms with van der Waals surface area (Å²) in [5, 5.41) is 23.3. The zero-order valence-electron chi connectivity index (χ0n) is 14.2. The van der Waals surface area contributed by atoms with Crippen LogP contribution in [0.25, 0.3) is 0 Å². The van der Waals surface area contributed by atoms with E-state index in [1.165, 1.54) is 36.7 Å². The minimum atomic E-state index is -0.872. The number of nitriles is 1. The van der Waals surface area contributed by atoms with Crippen LogP contribution in [0.3, 0.4) is 0 Å². The van der Waals surface area contributed by atoms with Gasteiger partial charge in [-0.05, 0) is 36.8 Å². The molecule has 0 saturated carbocycles. The van der Waals surface area contributed by atoms with Crippen LogP contribution >= 0.6 is 0 Å². The van der Waals surface area contributed by atoms with Crippen molar-refractivity contribution in [2.75, 3.05) is 11.1 Å². The van der Waals surface area contributed by atoms with Gasteiger partial charge in [0.2, 0.25) is 0 Å². The SMILES string of the molecule is Cc1ccc(C#N)c(F)c1C(=O)Nc1ccc(N)c(C(=N)c2cnoc2)c1. The molecule has 0 spiro atoms. The van der Waals surface area contributed by atoms with E-state index in [1.54, 1.807) is 19.1 Å². The maximum atomic E-state index is 14.4. The Kier molecular flexibility index (Phi) is 4.68. The van der Waals surface area contributed by atoms with Gasteiger partial charge in [0, 0.05) is 16.9 Å². The van der Waals surface area contributed by atoms with Crippen molar-refractivity contribution in [2.45, 2.75) is 6.92 Å². The molecule has 134 valence electrons. The van der Waals surface area contributed by atoms with Crippen molar-refractivity contribution in [3.63, 3.8) is 0 Å². The maximum absolute atomic E-state index is 14.4. The van der Waals surface area contributed by atoms with E-state index < -0.39 is 11.7 Å². The Labute approximate surface area is 153 Å². The minimum absolute atomic E-state index is 0.0682. The largest absolute Gasteiger partial charge is 0.398 e.